The smallest absolute Gasteiger partial charge is 0.211 e. The van der Waals surface area contributed by atoms with Gasteiger partial charge in [0.1, 0.15) is 0 Å². The van der Waals surface area contributed by atoms with Gasteiger partial charge in [0.15, 0.2) is 0 Å². The molecule has 2 heteroatoms. The summed E-state index contributed by atoms with van der Waals surface area (Å²) in [5.74, 6) is 0. The summed E-state index contributed by atoms with van der Waals surface area (Å²) in [6.07, 6.45) is 0.163. The summed E-state index contributed by atoms with van der Waals surface area (Å²) in [4.78, 5) is 0. The van der Waals surface area contributed by atoms with Gasteiger partial charge in [-0.3, -0.25) is 0 Å². The normalized spacial score (nSPS) is 13.6. The first-order valence-electron chi connectivity index (χ1n) is 4.91. The first kappa shape index (κ1) is 11.2. The molecule has 0 spiro atoms. The van der Waals surface area contributed by atoms with Crippen LogP contribution in [0.3, 0.4) is 0 Å². The molecule has 0 aliphatic heterocycles. The average Bonchev–Trinajstić information content (AvgIpc) is 2.19. The highest BCUT2D eigenvalue weighted by Crippen LogP contribution is 2.21. The maximum atomic E-state index is 5.99. The number of hydrogen-bond donors (Lipinski definition) is 0. The van der Waals surface area contributed by atoms with E-state index in [4.69, 9.17) is 4.43 Å². The molecule has 0 heterocycles. The second-order valence-corrected chi connectivity index (χ2v) is 7.83. The second kappa shape index (κ2) is 4.58. The third-order valence-electron chi connectivity index (χ3n) is 2.24. The Bertz CT molecular complexity index is 292. The third kappa shape index (κ3) is 3.12. The van der Waals surface area contributed by atoms with Gasteiger partial charge in [0.2, 0.25) is 8.32 Å². The molecule has 0 radical (unpaired) electrons. The lowest BCUT2D eigenvalue weighted by Crippen LogP contribution is -2.28. The first-order valence-corrected chi connectivity index (χ1v) is 7.90. The summed E-state index contributed by atoms with van der Waals surface area (Å²) in [6.45, 7) is 10.2. The van der Waals surface area contributed by atoms with Crippen molar-refractivity contribution in [3.8, 4) is 0 Å². The van der Waals surface area contributed by atoms with Gasteiger partial charge in [-0.1, -0.05) is 36.0 Å². The lowest BCUT2D eigenvalue weighted by molar-refractivity contribution is 0.222. The predicted molar refractivity (Wildman–Crippen MR) is 63.6 cm³/mol. The van der Waals surface area contributed by atoms with Crippen LogP contribution in [-0.4, -0.2) is 8.32 Å². The fraction of sp³-hybridized carbons (Fsp3) is 0.333. The molecule has 0 aromatic heterocycles. The highest BCUT2D eigenvalue weighted by molar-refractivity contribution is 6.76. The van der Waals surface area contributed by atoms with Gasteiger partial charge >= 0.3 is 0 Å². The van der Waals surface area contributed by atoms with Gasteiger partial charge in [-0.15, -0.1) is 6.58 Å². The summed E-state index contributed by atoms with van der Waals surface area (Å²) in [7, 11) is -1.66. The molecule has 1 atom stereocenters. The molecule has 1 aromatic carbocycles. The van der Waals surface area contributed by atoms with E-state index in [1.54, 1.807) is 0 Å². The SMILES string of the molecule is C=C[Si](C)(C)OC(C)c1ccccc1. The monoisotopic (exact) mass is 206 g/mol. The van der Waals surface area contributed by atoms with Crippen molar-refractivity contribution in [2.75, 3.05) is 0 Å². The van der Waals surface area contributed by atoms with Crippen LogP contribution in [0.15, 0.2) is 42.6 Å². The largest absolute Gasteiger partial charge is 0.407 e. The first-order chi connectivity index (χ1) is 6.55. The van der Waals surface area contributed by atoms with E-state index in [9.17, 15) is 0 Å². The van der Waals surface area contributed by atoms with Crippen LogP contribution in [0, 0.1) is 0 Å². The minimum absolute atomic E-state index is 0.163. The van der Waals surface area contributed by atoms with Crippen LogP contribution in [0.5, 0.6) is 0 Å². The minimum atomic E-state index is -1.66. The van der Waals surface area contributed by atoms with Crippen LogP contribution in [0.1, 0.15) is 18.6 Å². The molecular formula is C12H18OSi. The highest BCUT2D eigenvalue weighted by Gasteiger charge is 2.21. The van der Waals surface area contributed by atoms with Crippen LogP contribution < -0.4 is 0 Å². The topological polar surface area (TPSA) is 9.23 Å². The van der Waals surface area contributed by atoms with E-state index in [-0.39, 0.29) is 6.10 Å². The van der Waals surface area contributed by atoms with E-state index >= 15 is 0 Å². The molecule has 1 unspecified atom stereocenters. The van der Waals surface area contributed by atoms with Gasteiger partial charge in [-0.05, 0) is 25.6 Å². The molecule has 1 aromatic rings. The van der Waals surface area contributed by atoms with E-state index in [0.717, 1.165) is 0 Å². The van der Waals surface area contributed by atoms with Crippen LogP contribution in [0.4, 0.5) is 0 Å². The summed E-state index contributed by atoms with van der Waals surface area (Å²) in [6, 6.07) is 10.3. The molecule has 14 heavy (non-hydrogen) atoms. The molecule has 76 valence electrons. The maximum absolute atomic E-state index is 5.99. The number of hydrogen-bond acceptors (Lipinski definition) is 1. The lowest BCUT2D eigenvalue weighted by Gasteiger charge is -2.24. The molecule has 0 aliphatic rings. The van der Waals surface area contributed by atoms with Crippen molar-refractivity contribution in [1.82, 2.24) is 0 Å². The molecule has 0 aliphatic carbocycles. The van der Waals surface area contributed by atoms with Gasteiger partial charge in [0, 0.05) is 0 Å². The van der Waals surface area contributed by atoms with Crippen molar-refractivity contribution in [3.05, 3.63) is 48.2 Å². The summed E-state index contributed by atoms with van der Waals surface area (Å²) < 4.78 is 5.99. The van der Waals surface area contributed by atoms with Crippen LogP contribution >= 0.6 is 0 Å². The van der Waals surface area contributed by atoms with Crippen LogP contribution in [-0.2, 0) is 4.43 Å². The summed E-state index contributed by atoms with van der Waals surface area (Å²) >= 11 is 0. The Morgan fingerprint density at radius 1 is 1.29 bits per heavy atom. The van der Waals surface area contributed by atoms with Crippen molar-refractivity contribution in [2.24, 2.45) is 0 Å². The zero-order chi connectivity index (χ0) is 10.6. The van der Waals surface area contributed by atoms with Crippen molar-refractivity contribution >= 4 is 8.32 Å². The molecule has 0 fully saturated rings. The summed E-state index contributed by atoms with van der Waals surface area (Å²) in [5.41, 5.74) is 3.20. The Labute approximate surface area is 87.5 Å². The Kier molecular flexibility index (Phi) is 3.67. The fourth-order valence-corrected chi connectivity index (χ4v) is 2.44. The number of benzene rings is 1. The second-order valence-electron chi connectivity index (χ2n) is 3.98. The van der Waals surface area contributed by atoms with E-state index in [1.165, 1.54) is 5.56 Å². The van der Waals surface area contributed by atoms with E-state index < -0.39 is 8.32 Å². The van der Waals surface area contributed by atoms with E-state index in [1.807, 2.05) is 23.9 Å². The van der Waals surface area contributed by atoms with Crippen molar-refractivity contribution in [3.63, 3.8) is 0 Å². The van der Waals surface area contributed by atoms with Gasteiger partial charge in [-0.25, -0.2) is 0 Å². The van der Waals surface area contributed by atoms with Gasteiger partial charge in [0.05, 0.1) is 6.10 Å². The van der Waals surface area contributed by atoms with Gasteiger partial charge in [-0.2, -0.15) is 0 Å². The Morgan fingerprint density at radius 2 is 1.86 bits per heavy atom. The molecule has 1 nitrogen and oxygen atoms in total. The maximum Gasteiger partial charge on any atom is 0.211 e. The predicted octanol–water partition coefficient (Wildman–Crippen LogP) is 3.69. The minimum Gasteiger partial charge on any atom is -0.407 e. The average molecular weight is 206 g/mol. The molecule has 0 N–H and O–H groups in total. The summed E-state index contributed by atoms with van der Waals surface area (Å²) in [5, 5.41) is 0. The zero-order valence-corrected chi connectivity index (χ0v) is 10.2. The van der Waals surface area contributed by atoms with Crippen molar-refractivity contribution < 1.29 is 4.43 Å². The molecule has 1 rings (SSSR count). The van der Waals surface area contributed by atoms with Gasteiger partial charge < -0.3 is 4.43 Å². The van der Waals surface area contributed by atoms with Gasteiger partial charge in [0.25, 0.3) is 0 Å². The molecule has 0 saturated carbocycles. The Balaban J connectivity index is 2.68. The van der Waals surface area contributed by atoms with Crippen molar-refractivity contribution in [1.29, 1.82) is 0 Å². The molecular weight excluding hydrogens is 188 g/mol. The standard InChI is InChI=1S/C12H18OSi/c1-5-14(3,4)13-11(2)12-9-7-6-8-10-12/h5-11H,1H2,2-4H3. The molecule has 0 bridgehead atoms. The van der Waals surface area contributed by atoms with Crippen LogP contribution in [0.2, 0.25) is 13.1 Å². The Morgan fingerprint density at radius 3 is 2.36 bits per heavy atom. The van der Waals surface area contributed by atoms with E-state index in [2.05, 4.69) is 38.7 Å². The zero-order valence-electron chi connectivity index (χ0n) is 9.16. The fourth-order valence-electron chi connectivity index (χ4n) is 1.30. The highest BCUT2D eigenvalue weighted by atomic mass is 28.4. The lowest BCUT2D eigenvalue weighted by atomic mass is 10.1. The van der Waals surface area contributed by atoms with Crippen LogP contribution in [0.25, 0.3) is 0 Å². The molecule has 0 saturated heterocycles. The quantitative estimate of drug-likeness (QED) is 0.683. The molecule has 0 amide bonds. The number of rotatable bonds is 4. The van der Waals surface area contributed by atoms with Crippen molar-refractivity contribution in [2.45, 2.75) is 26.1 Å². The van der Waals surface area contributed by atoms with E-state index in [0.29, 0.717) is 0 Å². The Hall–Kier alpha value is -0.863. The third-order valence-corrected chi connectivity index (χ3v) is 4.19.